The summed E-state index contributed by atoms with van der Waals surface area (Å²) < 4.78 is 0. The Morgan fingerprint density at radius 3 is 2.86 bits per heavy atom. The topological polar surface area (TPSA) is 20.3 Å². The van der Waals surface area contributed by atoms with Gasteiger partial charge in [0, 0.05) is 30.8 Å². The van der Waals surface area contributed by atoms with Gasteiger partial charge >= 0.3 is 0 Å². The lowest BCUT2D eigenvalue weighted by atomic mass is 9.95. The average molecular weight is 189 g/mol. The summed E-state index contributed by atoms with van der Waals surface area (Å²) in [5, 5.41) is 0. The molecule has 0 aliphatic carbocycles. The molecule has 1 aromatic rings. The number of hydrogen-bond donors (Lipinski definition) is 0. The van der Waals surface area contributed by atoms with Crippen LogP contribution in [0.3, 0.4) is 0 Å². The Labute approximate surface area is 84.5 Å². The van der Waals surface area contributed by atoms with E-state index < -0.39 is 0 Å². The van der Waals surface area contributed by atoms with Crippen LogP contribution in [0.25, 0.3) is 0 Å². The molecule has 0 bridgehead atoms. The van der Waals surface area contributed by atoms with E-state index in [1.807, 2.05) is 12.1 Å². The predicted octanol–water partition coefficient (Wildman–Crippen LogP) is 2.44. The lowest BCUT2D eigenvalue weighted by Crippen LogP contribution is -2.13. The first-order chi connectivity index (χ1) is 6.61. The molecule has 0 fully saturated rings. The molecule has 14 heavy (non-hydrogen) atoms. The molecule has 0 aromatic heterocycles. The van der Waals surface area contributed by atoms with Crippen molar-refractivity contribution in [2.45, 2.75) is 19.8 Å². The number of likely N-dealkylation sites (N-methyl/N-ethyl adjacent to an activating group) is 1. The Balaban J connectivity index is 2.62. The summed E-state index contributed by atoms with van der Waals surface area (Å²) in [4.78, 5) is 13.7. The summed E-state index contributed by atoms with van der Waals surface area (Å²) in [5.74, 6) is 0.638. The van der Waals surface area contributed by atoms with Gasteiger partial charge in [0.2, 0.25) is 0 Å². The van der Waals surface area contributed by atoms with Crippen molar-refractivity contribution in [3.05, 3.63) is 29.3 Å². The Morgan fingerprint density at radius 1 is 1.50 bits per heavy atom. The molecule has 1 atom stereocenters. The van der Waals surface area contributed by atoms with Gasteiger partial charge in [-0.15, -0.1) is 0 Å². The monoisotopic (exact) mass is 189 g/mol. The first-order valence-corrected chi connectivity index (χ1v) is 4.96. The van der Waals surface area contributed by atoms with Crippen LogP contribution >= 0.6 is 0 Å². The van der Waals surface area contributed by atoms with E-state index in [9.17, 15) is 4.79 Å². The summed E-state index contributed by atoms with van der Waals surface area (Å²) in [7, 11) is 2.08. The van der Waals surface area contributed by atoms with Gasteiger partial charge in [0.15, 0.2) is 5.78 Å². The second-order valence-corrected chi connectivity index (χ2v) is 4.08. The number of anilines is 1. The third-order valence-corrected chi connectivity index (χ3v) is 2.91. The second-order valence-electron chi connectivity index (χ2n) is 4.08. The molecule has 0 saturated carbocycles. The maximum Gasteiger partial charge on any atom is 0.160 e. The molecule has 1 unspecified atom stereocenters. The highest BCUT2D eigenvalue weighted by atomic mass is 16.1. The molecule has 74 valence electrons. The van der Waals surface area contributed by atoms with E-state index in [0.29, 0.717) is 5.92 Å². The zero-order chi connectivity index (χ0) is 10.3. The van der Waals surface area contributed by atoms with E-state index in [1.165, 1.54) is 11.3 Å². The standard InChI is InChI=1S/C12H15NO/c1-8-7-13(3)11-6-4-5-10(9(2)14)12(8)11/h4-6,8H,7H2,1-3H3. The largest absolute Gasteiger partial charge is 0.374 e. The summed E-state index contributed by atoms with van der Waals surface area (Å²) >= 11 is 0. The molecule has 1 aliphatic rings. The molecule has 0 spiro atoms. The highest BCUT2D eigenvalue weighted by molar-refractivity contribution is 5.97. The number of rotatable bonds is 1. The maximum absolute atomic E-state index is 11.4. The van der Waals surface area contributed by atoms with Gasteiger partial charge in [-0.1, -0.05) is 19.1 Å². The second kappa shape index (κ2) is 3.12. The maximum atomic E-state index is 11.4. The van der Waals surface area contributed by atoms with Crippen molar-refractivity contribution in [3.8, 4) is 0 Å². The molecule has 0 radical (unpaired) electrons. The average Bonchev–Trinajstić information content (AvgIpc) is 2.43. The van der Waals surface area contributed by atoms with Gasteiger partial charge < -0.3 is 4.90 Å². The molecule has 2 nitrogen and oxygen atoms in total. The number of nitrogens with zero attached hydrogens (tertiary/aromatic N) is 1. The fourth-order valence-electron chi connectivity index (χ4n) is 2.31. The SMILES string of the molecule is CC(=O)c1cccc2c1C(C)CN2C. The van der Waals surface area contributed by atoms with Crippen molar-refractivity contribution in [3.63, 3.8) is 0 Å². The van der Waals surface area contributed by atoms with Gasteiger partial charge in [-0.2, -0.15) is 0 Å². The third-order valence-electron chi connectivity index (χ3n) is 2.91. The van der Waals surface area contributed by atoms with Crippen LogP contribution in [0, 0.1) is 0 Å². The smallest absolute Gasteiger partial charge is 0.160 e. The number of benzene rings is 1. The van der Waals surface area contributed by atoms with Crippen molar-refractivity contribution < 1.29 is 4.79 Å². The Hall–Kier alpha value is -1.31. The van der Waals surface area contributed by atoms with E-state index in [-0.39, 0.29) is 5.78 Å². The van der Waals surface area contributed by atoms with Gasteiger partial charge in [-0.25, -0.2) is 0 Å². The molecular formula is C12H15NO. The van der Waals surface area contributed by atoms with E-state index in [4.69, 9.17) is 0 Å². The molecule has 1 aromatic carbocycles. The number of hydrogen-bond acceptors (Lipinski definition) is 2. The Morgan fingerprint density at radius 2 is 2.21 bits per heavy atom. The van der Waals surface area contributed by atoms with Gasteiger partial charge in [-0.3, -0.25) is 4.79 Å². The van der Waals surface area contributed by atoms with Gasteiger partial charge in [-0.05, 0) is 18.6 Å². The van der Waals surface area contributed by atoms with Gasteiger partial charge in [0.05, 0.1) is 0 Å². The Kier molecular flexibility index (Phi) is 2.06. The summed E-state index contributed by atoms with van der Waals surface area (Å²) in [6.45, 7) is 4.83. The Bertz CT molecular complexity index is 384. The zero-order valence-corrected chi connectivity index (χ0v) is 8.87. The summed E-state index contributed by atoms with van der Waals surface area (Å²) in [6.07, 6.45) is 0. The first kappa shape index (κ1) is 9.25. The van der Waals surface area contributed by atoms with E-state index in [1.54, 1.807) is 6.92 Å². The molecule has 1 aliphatic heterocycles. The van der Waals surface area contributed by atoms with Crippen LogP contribution in [0.15, 0.2) is 18.2 Å². The molecule has 0 N–H and O–H groups in total. The van der Waals surface area contributed by atoms with Crippen LogP contribution < -0.4 is 4.90 Å². The summed E-state index contributed by atoms with van der Waals surface area (Å²) in [6, 6.07) is 5.98. The molecule has 1 heterocycles. The number of fused-ring (bicyclic) bond motifs is 1. The van der Waals surface area contributed by atoms with Gasteiger partial charge in [0.25, 0.3) is 0 Å². The minimum atomic E-state index is 0.170. The highest BCUT2D eigenvalue weighted by Gasteiger charge is 2.26. The van der Waals surface area contributed by atoms with Crippen LogP contribution in [0.4, 0.5) is 5.69 Å². The van der Waals surface area contributed by atoms with Crippen molar-refractivity contribution in [1.82, 2.24) is 0 Å². The quantitative estimate of drug-likeness (QED) is 0.632. The van der Waals surface area contributed by atoms with Crippen molar-refractivity contribution in [2.75, 3.05) is 18.5 Å². The minimum Gasteiger partial charge on any atom is -0.374 e. The van der Waals surface area contributed by atoms with Crippen molar-refractivity contribution >= 4 is 11.5 Å². The van der Waals surface area contributed by atoms with Crippen LogP contribution in [0.5, 0.6) is 0 Å². The minimum absolute atomic E-state index is 0.170. The lowest BCUT2D eigenvalue weighted by molar-refractivity contribution is 0.101. The van der Waals surface area contributed by atoms with Crippen LogP contribution in [-0.4, -0.2) is 19.4 Å². The fraction of sp³-hybridized carbons (Fsp3) is 0.417. The number of carbonyl (C=O) groups excluding carboxylic acids is 1. The van der Waals surface area contributed by atoms with E-state index in [2.05, 4.69) is 24.9 Å². The number of ketones is 1. The number of Topliss-reactive ketones (excluding diaryl/α,β-unsaturated/α-hetero) is 1. The van der Waals surface area contributed by atoms with Crippen LogP contribution in [-0.2, 0) is 0 Å². The fourth-order valence-corrected chi connectivity index (χ4v) is 2.31. The van der Waals surface area contributed by atoms with E-state index in [0.717, 1.165) is 12.1 Å². The summed E-state index contributed by atoms with van der Waals surface area (Å²) in [5.41, 5.74) is 3.33. The third kappa shape index (κ3) is 1.22. The number of carbonyl (C=O) groups is 1. The van der Waals surface area contributed by atoms with Gasteiger partial charge in [0.1, 0.15) is 0 Å². The normalized spacial score (nSPS) is 19.6. The molecule has 2 rings (SSSR count). The van der Waals surface area contributed by atoms with Crippen molar-refractivity contribution in [1.29, 1.82) is 0 Å². The lowest BCUT2D eigenvalue weighted by Gasteiger charge is -2.11. The first-order valence-electron chi connectivity index (χ1n) is 4.96. The highest BCUT2D eigenvalue weighted by Crippen LogP contribution is 2.37. The van der Waals surface area contributed by atoms with Crippen LogP contribution in [0.2, 0.25) is 0 Å². The van der Waals surface area contributed by atoms with E-state index >= 15 is 0 Å². The molecule has 2 heteroatoms. The zero-order valence-electron chi connectivity index (χ0n) is 8.87. The molecular weight excluding hydrogens is 174 g/mol. The van der Waals surface area contributed by atoms with Crippen molar-refractivity contribution in [2.24, 2.45) is 0 Å². The molecule has 0 saturated heterocycles. The molecule has 0 amide bonds. The predicted molar refractivity (Wildman–Crippen MR) is 58.1 cm³/mol. The van der Waals surface area contributed by atoms with Crippen LogP contribution in [0.1, 0.15) is 35.7 Å².